The molecule has 23 heavy (non-hydrogen) atoms. The molecule has 2 rings (SSSR count). The zero-order valence-corrected chi connectivity index (χ0v) is 16.8. The highest BCUT2D eigenvalue weighted by atomic mass is 127. The Bertz CT molecular complexity index is 470. The fourth-order valence-electron chi connectivity index (χ4n) is 2.84. The molecular formula is C18H31IN4. The van der Waals surface area contributed by atoms with Crippen molar-refractivity contribution in [3.63, 3.8) is 0 Å². The van der Waals surface area contributed by atoms with Gasteiger partial charge in [0.15, 0.2) is 5.96 Å². The summed E-state index contributed by atoms with van der Waals surface area (Å²) in [6.45, 7) is 10.4. The summed E-state index contributed by atoms with van der Waals surface area (Å²) < 4.78 is 0. The fourth-order valence-corrected chi connectivity index (χ4v) is 2.84. The van der Waals surface area contributed by atoms with Gasteiger partial charge < -0.3 is 15.5 Å². The maximum Gasteiger partial charge on any atom is 0.191 e. The lowest BCUT2D eigenvalue weighted by Crippen LogP contribution is -2.42. The Labute approximate surface area is 158 Å². The highest BCUT2D eigenvalue weighted by Gasteiger charge is 2.09. The van der Waals surface area contributed by atoms with Gasteiger partial charge in [0.05, 0.1) is 6.54 Å². The van der Waals surface area contributed by atoms with Gasteiger partial charge in [0.2, 0.25) is 0 Å². The van der Waals surface area contributed by atoms with Gasteiger partial charge in [-0.15, -0.1) is 24.0 Å². The molecule has 0 radical (unpaired) electrons. The molecule has 0 spiro atoms. The van der Waals surface area contributed by atoms with Crippen molar-refractivity contribution in [2.45, 2.75) is 39.7 Å². The third-order valence-electron chi connectivity index (χ3n) is 4.02. The van der Waals surface area contributed by atoms with Gasteiger partial charge >= 0.3 is 0 Å². The largest absolute Gasteiger partial charge is 0.357 e. The number of likely N-dealkylation sites (tertiary alicyclic amines) is 1. The van der Waals surface area contributed by atoms with Crippen LogP contribution in [-0.4, -0.2) is 43.6 Å². The molecule has 0 aliphatic carbocycles. The topological polar surface area (TPSA) is 39.7 Å². The number of benzene rings is 1. The van der Waals surface area contributed by atoms with Gasteiger partial charge in [-0.2, -0.15) is 0 Å². The average Bonchev–Trinajstić information content (AvgIpc) is 2.54. The van der Waals surface area contributed by atoms with Crippen molar-refractivity contribution in [1.82, 2.24) is 15.5 Å². The number of piperidine rings is 1. The van der Waals surface area contributed by atoms with Gasteiger partial charge in [-0.25, -0.2) is 4.99 Å². The Kier molecular flexibility index (Phi) is 10.3. The predicted molar refractivity (Wildman–Crippen MR) is 110 cm³/mol. The molecule has 1 saturated heterocycles. The van der Waals surface area contributed by atoms with Crippen LogP contribution in [0.3, 0.4) is 0 Å². The molecule has 2 N–H and O–H groups in total. The zero-order valence-electron chi connectivity index (χ0n) is 14.5. The molecule has 1 heterocycles. The van der Waals surface area contributed by atoms with Crippen LogP contribution in [0.4, 0.5) is 0 Å². The van der Waals surface area contributed by atoms with E-state index >= 15 is 0 Å². The summed E-state index contributed by atoms with van der Waals surface area (Å²) in [7, 11) is 0. The van der Waals surface area contributed by atoms with Crippen LogP contribution in [-0.2, 0) is 6.54 Å². The molecule has 0 aromatic heterocycles. The Morgan fingerprint density at radius 1 is 1.17 bits per heavy atom. The van der Waals surface area contributed by atoms with Crippen LogP contribution in [0.15, 0.2) is 29.3 Å². The summed E-state index contributed by atoms with van der Waals surface area (Å²) in [6.07, 6.45) is 4.09. The Hall–Kier alpha value is -0.820. The minimum Gasteiger partial charge on any atom is -0.357 e. The number of aryl methyl sites for hydroxylation is 1. The molecule has 0 saturated carbocycles. The summed E-state index contributed by atoms with van der Waals surface area (Å²) in [5, 5.41) is 6.78. The number of guanidine groups is 1. The molecule has 4 nitrogen and oxygen atoms in total. The molecule has 1 aliphatic heterocycles. The predicted octanol–water partition coefficient (Wildman–Crippen LogP) is 3.15. The van der Waals surface area contributed by atoms with Gasteiger partial charge in [0.1, 0.15) is 0 Å². The highest BCUT2D eigenvalue weighted by Crippen LogP contribution is 2.07. The van der Waals surface area contributed by atoms with Crippen molar-refractivity contribution in [3.8, 4) is 0 Å². The highest BCUT2D eigenvalue weighted by molar-refractivity contribution is 14.0. The number of aliphatic imine (C=N–C) groups is 1. The maximum absolute atomic E-state index is 4.68. The van der Waals surface area contributed by atoms with Crippen LogP contribution >= 0.6 is 24.0 Å². The lowest BCUT2D eigenvalue weighted by molar-refractivity contribution is 0.232. The lowest BCUT2D eigenvalue weighted by Gasteiger charge is -2.26. The summed E-state index contributed by atoms with van der Waals surface area (Å²) in [4.78, 5) is 7.23. The summed E-state index contributed by atoms with van der Waals surface area (Å²) >= 11 is 0. The van der Waals surface area contributed by atoms with E-state index in [1.807, 2.05) is 0 Å². The quantitative estimate of drug-likeness (QED) is 0.414. The number of hydrogen-bond donors (Lipinski definition) is 2. The van der Waals surface area contributed by atoms with E-state index in [1.165, 1.54) is 43.5 Å². The number of rotatable bonds is 6. The van der Waals surface area contributed by atoms with Gasteiger partial charge in [0.25, 0.3) is 0 Å². The molecular weight excluding hydrogens is 399 g/mol. The minimum atomic E-state index is 0. The maximum atomic E-state index is 4.68. The molecule has 1 aromatic rings. The fraction of sp³-hybridized carbons (Fsp3) is 0.611. The first-order chi connectivity index (χ1) is 10.8. The molecule has 5 heteroatoms. The molecule has 0 atom stereocenters. The van der Waals surface area contributed by atoms with Crippen LogP contribution in [0.25, 0.3) is 0 Å². The van der Waals surface area contributed by atoms with Gasteiger partial charge in [0, 0.05) is 19.6 Å². The van der Waals surface area contributed by atoms with E-state index in [2.05, 4.69) is 58.6 Å². The zero-order chi connectivity index (χ0) is 15.6. The number of nitrogens with zero attached hydrogens (tertiary/aromatic N) is 2. The molecule has 0 bridgehead atoms. The van der Waals surface area contributed by atoms with E-state index in [1.54, 1.807) is 0 Å². The summed E-state index contributed by atoms with van der Waals surface area (Å²) in [6, 6.07) is 8.54. The second kappa shape index (κ2) is 11.7. The molecule has 1 fully saturated rings. The Morgan fingerprint density at radius 2 is 1.96 bits per heavy atom. The number of hydrogen-bond acceptors (Lipinski definition) is 2. The van der Waals surface area contributed by atoms with Crippen molar-refractivity contribution in [2.75, 3.05) is 32.7 Å². The van der Waals surface area contributed by atoms with E-state index in [0.717, 1.165) is 32.1 Å². The molecule has 130 valence electrons. The van der Waals surface area contributed by atoms with E-state index in [0.29, 0.717) is 0 Å². The Balaban J connectivity index is 0.00000264. The number of nitrogens with one attached hydrogen (secondary N) is 2. The average molecular weight is 430 g/mol. The normalized spacial score (nSPS) is 15.8. The third-order valence-corrected chi connectivity index (χ3v) is 4.02. The van der Waals surface area contributed by atoms with Crippen molar-refractivity contribution >= 4 is 29.9 Å². The third kappa shape index (κ3) is 8.01. The van der Waals surface area contributed by atoms with E-state index in [9.17, 15) is 0 Å². The molecule has 0 unspecified atom stereocenters. The van der Waals surface area contributed by atoms with Gasteiger partial charge in [-0.3, -0.25) is 0 Å². The molecule has 0 amide bonds. The van der Waals surface area contributed by atoms with E-state index in [-0.39, 0.29) is 24.0 Å². The van der Waals surface area contributed by atoms with E-state index < -0.39 is 0 Å². The summed E-state index contributed by atoms with van der Waals surface area (Å²) in [5.41, 5.74) is 2.55. The standard InChI is InChI=1S/C18H30N4.HI/c1-3-19-18(20-10-13-22-11-5-4-6-12-22)21-15-17-9-7-8-16(2)14-17;/h7-9,14H,3-6,10-13,15H2,1-2H3,(H2,19,20,21);1H. The van der Waals surface area contributed by atoms with Crippen LogP contribution < -0.4 is 10.6 Å². The second-order valence-corrected chi connectivity index (χ2v) is 6.01. The van der Waals surface area contributed by atoms with Crippen LogP contribution in [0.5, 0.6) is 0 Å². The first-order valence-corrected chi connectivity index (χ1v) is 8.58. The molecule has 1 aromatic carbocycles. The van der Waals surface area contributed by atoms with Crippen molar-refractivity contribution in [2.24, 2.45) is 4.99 Å². The van der Waals surface area contributed by atoms with Gasteiger partial charge in [-0.05, 0) is 45.3 Å². The lowest BCUT2D eigenvalue weighted by atomic mass is 10.1. The SMILES string of the molecule is CCNC(=NCc1cccc(C)c1)NCCN1CCCCC1.I. The van der Waals surface area contributed by atoms with Crippen molar-refractivity contribution in [3.05, 3.63) is 35.4 Å². The number of halogens is 1. The van der Waals surface area contributed by atoms with Crippen molar-refractivity contribution in [1.29, 1.82) is 0 Å². The second-order valence-electron chi connectivity index (χ2n) is 6.01. The van der Waals surface area contributed by atoms with Gasteiger partial charge in [-0.1, -0.05) is 36.2 Å². The van der Waals surface area contributed by atoms with Crippen molar-refractivity contribution < 1.29 is 0 Å². The molecule has 1 aliphatic rings. The van der Waals surface area contributed by atoms with Crippen LogP contribution in [0.1, 0.15) is 37.3 Å². The monoisotopic (exact) mass is 430 g/mol. The first-order valence-electron chi connectivity index (χ1n) is 8.58. The Morgan fingerprint density at radius 3 is 2.65 bits per heavy atom. The van der Waals surface area contributed by atoms with Crippen LogP contribution in [0.2, 0.25) is 0 Å². The van der Waals surface area contributed by atoms with Crippen LogP contribution in [0, 0.1) is 6.92 Å². The van der Waals surface area contributed by atoms with E-state index in [4.69, 9.17) is 0 Å². The summed E-state index contributed by atoms with van der Waals surface area (Å²) in [5.74, 6) is 0.918. The smallest absolute Gasteiger partial charge is 0.191 e. The first kappa shape index (κ1) is 20.2. The minimum absolute atomic E-state index is 0.